The van der Waals surface area contributed by atoms with Crippen LogP contribution in [0.4, 0.5) is 5.69 Å². The number of anilines is 1. The highest BCUT2D eigenvalue weighted by Gasteiger charge is 2.05. The summed E-state index contributed by atoms with van der Waals surface area (Å²) in [6.07, 6.45) is 0.127. The fraction of sp³-hybridized carbons (Fsp3) is 0.533. The normalized spacial score (nSPS) is 12.2. The summed E-state index contributed by atoms with van der Waals surface area (Å²) in [5.74, 6) is -0.0873. The van der Waals surface area contributed by atoms with Crippen LogP contribution in [0.2, 0.25) is 0 Å². The van der Waals surface area contributed by atoms with Crippen molar-refractivity contribution < 1.29 is 15.0 Å². The molecule has 0 aliphatic heterocycles. The van der Waals surface area contributed by atoms with E-state index in [0.29, 0.717) is 12.1 Å². The number of rotatable bonds is 9. The van der Waals surface area contributed by atoms with Gasteiger partial charge in [0, 0.05) is 24.3 Å². The van der Waals surface area contributed by atoms with Crippen LogP contribution in [0.15, 0.2) is 24.3 Å². The van der Waals surface area contributed by atoms with Crippen molar-refractivity contribution in [3.05, 3.63) is 29.8 Å². The first-order valence-electron chi connectivity index (χ1n) is 7.08. The third kappa shape index (κ3) is 7.08. The lowest BCUT2D eigenvalue weighted by molar-refractivity contribution is 0.0952. The van der Waals surface area contributed by atoms with Crippen molar-refractivity contribution in [1.29, 1.82) is 0 Å². The summed E-state index contributed by atoms with van der Waals surface area (Å²) in [6.45, 7) is 1.59. The molecule has 0 spiro atoms. The van der Waals surface area contributed by atoms with E-state index in [4.69, 9.17) is 5.11 Å². The summed E-state index contributed by atoms with van der Waals surface area (Å²) < 4.78 is 0. The van der Waals surface area contributed by atoms with Crippen LogP contribution in [0.5, 0.6) is 0 Å². The third-order valence-electron chi connectivity index (χ3n) is 2.97. The average molecular weight is 295 g/mol. The van der Waals surface area contributed by atoms with Gasteiger partial charge >= 0.3 is 0 Å². The summed E-state index contributed by atoms with van der Waals surface area (Å²) in [4.78, 5) is 14.0. The van der Waals surface area contributed by atoms with E-state index in [1.54, 1.807) is 24.3 Å². The first-order chi connectivity index (χ1) is 10.0. The Morgan fingerprint density at radius 1 is 1.29 bits per heavy atom. The molecule has 1 atom stereocenters. The SMILES string of the molecule is CN(C)CCCNC(=O)c1ccc(NCC(O)CO)cc1. The maximum Gasteiger partial charge on any atom is 0.251 e. The number of carbonyl (C=O) groups excluding carboxylic acids is 1. The van der Waals surface area contributed by atoms with Gasteiger partial charge in [0.15, 0.2) is 0 Å². The molecule has 0 aromatic heterocycles. The van der Waals surface area contributed by atoms with Crippen molar-refractivity contribution in [3.8, 4) is 0 Å². The van der Waals surface area contributed by atoms with Gasteiger partial charge in [0.2, 0.25) is 0 Å². The Labute approximate surface area is 125 Å². The molecule has 0 fully saturated rings. The minimum absolute atomic E-state index is 0.0873. The van der Waals surface area contributed by atoms with Gasteiger partial charge in [-0.05, 0) is 51.3 Å². The zero-order chi connectivity index (χ0) is 15.7. The monoisotopic (exact) mass is 295 g/mol. The highest BCUT2D eigenvalue weighted by Crippen LogP contribution is 2.09. The molecule has 6 heteroatoms. The molecular weight excluding hydrogens is 270 g/mol. The van der Waals surface area contributed by atoms with Gasteiger partial charge in [-0.25, -0.2) is 0 Å². The molecular formula is C15H25N3O3. The number of nitrogens with zero attached hydrogens (tertiary/aromatic N) is 1. The highest BCUT2D eigenvalue weighted by atomic mass is 16.3. The number of hydrogen-bond donors (Lipinski definition) is 4. The number of aliphatic hydroxyl groups excluding tert-OH is 2. The lowest BCUT2D eigenvalue weighted by Crippen LogP contribution is -2.27. The Kier molecular flexibility index (Phi) is 7.74. The molecule has 118 valence electrons. The van der Waals surface area contributed by atoms with Crippen LogP contribution in [0.1, 0.15) is 16.8 Å². The fourth-order valence-corrected chi connectivity index (χ4v) is 1.74. The smallest absolute Gasteiger partial charge is 0.251 e. The number of carbonyl (C=O) groups is 1. The van der Waals surface area contributed by atoms with Crippen LogP contribution >= 0.6 is 0 Å². The largest absolute Gasteiger partial charge is 0.394 e. The second-order valence-corrected chi connectivity index (χ2v) is 5.21. The molecule has 0 radical (unpaired) electrons. The highest BCUT2D eigenvalue weighted by molar-refractivity contribution is 5.94. The van der Waals surface area contributed by atoms with E-state index in [0.717, 1.165) is 18.7 Å². The molecule has 0 aliphatic rings. The Hall–Kier alpha value is -1.63. The van der Waals surface area contributed by atoms with Crippen molar-refractivity contribution in [2.45, 2.75) is 12.5 Å². The summed E-state index contributed by atoms with van der Waals surface area (Å²) in [6, 6.07) is 7.02. The van der Waals surface area contributed by atoms with Crippen LogP contribution in [-0.2, 0) is 0 Å². The topological polar surface area (TPSA) is 84.8 Å². The number of amides is 1. The van der Waals surface area contributed by atoms with Gasteiger partial charge in [-0.2, -0.15) is 0 Å². The van der Waals surface area contributed by atoms with E-state index >= 15 is 0 Å². The van der Waals surface area contributed by atoms with Gasteiger partial charge in [0.25, 0.3) is 5.91 Å². The summed E-state index contributed by atoms with van der Waals surface area (Å²) in [7, 11) is 4.00. The van der Waals surface area contributed by atoms with E-state index in [2.05, 4.69) is 15.5 Å². The zero-order valence-corrected chi connectivity index (χ0v) is 12.7. The minimum Gasteiger partial charge on any atom is -0.394 e. The van der Waals surface area contributed by atoms with Crippen LogP contribution in [0, 0.1) is 0 Å². The lowest BCUT2D eigenvalue weighted by atomic mass is 10.2. The van der Waals surface area contributed by atoms with Crippen molar-refractivity contribution in [2.24, 2.45) is 0 Å². The van der Waals surface area contributed by atoms with Crippen LogP contribution in [0.3, 0.4) is 0 Å². The molecule has 1 amide bonds. The van der Waals surface area contributed by atoms with Crippen molar-refractivity contribution in [1.82, 2.24) is 10.2 Å². The molecule has 0 saturated carbocycles. The van der Waals surface area contributed by atoms with Gasteiger partial charge in [-0.3, -0.25) is 4.79 Å². The number of benzene rings is 1. The van der Waals surface area contributed by atoms with Gasteiger partial charge in [-0.15, -0.1) is 0 Å². The molecule has 1 unspecified atom stereocenters. The molecule has 1 rings (SSSR count). The van der Waals surface area contributed by atoms with E-state index in [1.165, 1.54) is 0 Å². The number of nitrogens with one attached hydrogen (secondary N) is 2. The summed E-state index contributed by atoms with van der Waals surface area (Å²) in [5.41, 5.74) is 1.40. The first kappa shape index (κ1) is 17.4. The lowest BCUT2D eigenvalue weighted by Gasteiger charge is -2.11. The van der Waals surface area contributed by atoms with Gasteiger partial charge in [0.1, 0.15) is 0 Å². The molecule has 0 heterocycles. The van der Waals surface area contributed by atoms with Crippen LogP contribution in [-0.4, -0.2) is 67.5 Å². The first-order valence-corrected chi connectivity index (χ1v) is 7.08. The van der Waals surface area contributed by atoms with E-state index < -0.39 is 6.10 Å². The maximum absolute atomic E-state index is 11.9. The quantitative estimate of drug-likeness (QED) is 0.487. The summed E-state index contributed by atoms with van der Waals surface area (Å²) in [5, 5.41) is 23.8. The zero-order valence-electron chi connectivity index (χ0n) is 12.7. The number of aliphatic hydroxyl groups is 2. The Balaban J connectivity index is 2.37. The third-order valence-corrected chi connectivity index (χ3v) is 2.97. The summed E-state index contributed by atoms with van der Waals surface area (Å²) >= 11 is 0. The number of hydrogen-bond acceptors (Lipinski definition) is 5. The predicted molar refractivity (Wildman–Crippen MR) is 83.5 cm³/mol. The average Bonchev–Trinajstić information content (AvgIpc) is 2.49. The second-order valence-electron chi connectivity index (χ2n) is 5.21. The molecule has 0 saturated heterocycles. The molecule has 6 nitrogen and oxygen atoms in total. The maximum atomic E-state index is 11.9. The van der Waals surface area contributed by atoms with Gasteiger partial charge in [0.05, 0.1) is 12.7 Å². The van der Waals surface area contributed by atoms with Crippen molar-refractivity contribution in [3.63, 3.8) is 0 Å². The minimum atomic E-state index is -0.787. The van der Waals surface area contributed by atoms with E-state index in [9.17, 15) is 9.90 Å². The van der Waals surface area contributed by atoms with Crippen LogP contribution in [0.25, 0.3) is 0 Å². The van der Waals surface area contributed by atoms with Crippen molar-refractivity contribution in [2.75, 3.05) is 45.7 Å². The fourth-order valence-electron chi connectivity index (χ4n) is 1.74. The van der Waals surface area contributed by atoms with Crippen molar-refractivity contribution >= 4 is 11.6 Å². The molecule has 1 aromatic carbocycles. The van der Waals surface area contributed by atoms with Gasteiger partial charge in [-0.1, -0.05) is 0 Å². The molecule has 21 heavy (non-hydrogen) atoms. The van der Waals surface area contributed by atoms with E-state index in [1.807, 2.05) is 14.1 Å². The second kappa shape index (κ2) is 9.33. The Bertz CT molecular complexity index is 421. The Morgan fingerprint density at radius 3 is 2.52 bits per heavy atom. The standard InChI is InChI=1S/C15H25N3O3/c1-18(2)9-3-8-16-15(21)12-4-6-13(7-5-12)17-10-14(20)11-19/h4-7,14,17,19-20H,3,8-11H2,1-2H3,(H,16,21). The van der Waals surface area contributed by atoms with Gasteiger partial charge < -0.3 is 25.7 Å². The molecule has 4 N–H and O–H groups in total. The Morgan fingerprint density at radius 2 is 1.95 bits per heavy atom. The molecule has 1 aromatic rings. The predicted octanol–water partition coefficient (Wildman–Crippen LogP) is 0.133. The molecule has 0 aliphatic carbocycles. The molecule has 0 bridgehead atoms. The van der Waals surface area contributed by atoms with Crippen LogP contribution < -0.4 is 10.6 Å². The van der Waals surface area contributed by atoms with E-state index in [-0.39, 0.29) is 19.1 Å².